The fourth-order valence-corrected chi connectivity index (χ4v) is 3.75. The molecule has 1 amide bonds. The third-order valence-electron chi connectivity index (χ3n) is 5.51. The highest BCUT2D eigenvalue weighted by molar-refractivity contribution is 6.21. The number of hydrogen-bond acceptors (Lipinski definition) is 8. The van der Waals surface area contributed by atoms with E-state index in [2.05, 4.69) is 5.32 Å². The van der Waals surface area contributed by atoms with E-state index in [-0.39, 0.29) is 19.4 Å². The first kappa shape index (κ1) is 27.7. The summed E-state index contributed by atoms with van der Waals surface area (Å²) in [5.74, 6) is -3.61. The minimum Gasteiger partial charge on any atom is -0.489 e. The molecule has 1 aliphatic rings. The molecule has 9 heteroatoms. The highest BCUT2D eigenvalue weighted by Crippen LogP contribution is 2.37. The quantitative estimate of drug-likeness (QED) is 0.395. The van der Waals surface area contributed by atoms with Crippen LogP contribution in [0.15, 0.2) is 54.6 Å². The number of nitrogens with one attached hydrogen (secondary N) is 1. The van der Waals surface area contributed by atoms with E-state index in [1.807, 2.05) is 30.3 Å². The summed E-state index contributed by atoms with van der Waals surface area (Å²) in [5.41, 5.74) is -1.37. The molecule has 1 saturated heterocycles. The number of carbonyl (C=O) groups is 4. The Morgan fingerprint density at radius 1 is 0.892 bits per heavy atom. The lowest BCUT2D eigenvalue weighted by Gasteiger charge is -2.39. The number of Topliss-reactive ketones (excluding diaryl/α,β-unsaturated/α-hetero) is 1. The molecule has 0 radical (unpaired) electrons. The highest BCUT2D eigenvalue weighted by Gasteiger charge is 2.60. The molecule has 1 fully saturated rings. The van der Waals surface area contributed by atoms with Crippen molar-refractivity contribution in [1.82, 2.24) is 5.32 Å². The fraction of sp³-hybridized carbons (Fsp3) is 0.429. The number of benzene rings is 2. The lowest BCUT2D eigenvalue weighted by atomic mass is 9.75. The minimum absolute atomic E-state index is 0.133. The van der Waals surface area contributed by atoms with E-state index in [0.717, 1.165) is 5.56 Å². The monoisotopic (exact) mass is 511 g/mol. The SMILES string of the molecule is CC(C)(C)OC(=O)NCCC(=O)C1(Cc2ccc(OCc3ccccc3)cc2)C(=O)OC(C)(C)OC1=O. The summed E-state index contributed by atoms with van der Waals surface area (Å²) >= 11 is 0. The van der Waals surface area contributed by atoms with Crippen LogP contribution in [0.2, 0.25) is 0 Å². The lowest BCUT2D eigenvalue weighted by molar-refractivity contribution is -0.248. The maximum Gasteiger partial charge on any atom is 0.407 e. The second kappa shape index (κ2) is 11.0. The van der Waals surface area contributed by atoms with Gasteiger partial charge in [0, 0.05) is 33.2 Å². The van der Waals surface area contributed by atoms with E-state index in [1.54, 1.807) is 45.0 Å². The summed E-state index contributed by atoms with van der Waals surface area (Å²) in [6, 6.07) is 16.4. The molecule has 0 atom stereocenters. The molecule has 0 unspecified atom stereocenters. The molecule has 1 N–H and O–H groups in total. The van der Waals surface area contributed by atoms with Gasteiger partial charge in [0.1, 0.15) is 18.0 Å². The van der Waals surface area contributed by atoms with Gasteiger partial charge in [-0.05, 0) is 44.0 Å². The number of ketones is 1. The molecule has 9 nitrogen and oxygen atoms in total. The number of alkyl carbamates (subject to hydrolysis) is 1. The van der Waals surface area contributed by atoms with Crippen LogP contribution >= 0.6 is 0 Å². The van der Waals surface area contributed by atoms with Gasteiger partial charge in [-0.15, -0.1) is 0 Å². The molecule has 37 heavy (non-hydrogen) atoms. The van der Waals surface area contributed by atoms with Gasteiger partial charge < -0.3 is 24.3 Å². The van der Waals surface area contributed by atoms with Crippen LogP contribution in [-0.2, 0) is 41.6 Å². The number of rotatable bonds is 9. The maximum atomic E-state index is 13.3. The highest BCUT2D eigenvalue weighted by atomic mass is 16.7. The van der Waals surface area contributed by atoms with Crippen LogP contribution in [0.3, 0.4) is 0 Å². The van der Waals surface area contributed by atoms with Crippen LogP contribution in [0, 0.1) is 5.41 Å². The number of carbonyl (C=O) groups excluding carboxylic acids is 4. The Morgan fingerprint density at radius 3 is 2.05 bits per heavy atom. The number of hydrogen-bond donors (Lipinski definition) is 1. The molecule has 2 aromatic rings. The molecule has 0 spiro atoms. The zero-order chi connectivity index (χ0) is 27.3. The summed E-state index contributed by atoms with van der Waals surface area (Å²) in [7, 11) is 0. The average molecular weight is 512 g/mol. The van der Waals surface area contributed by atoms with E-state index in [9.17, 15) is 19.2 Å². The molecule has 2 aromatic carbocycles. The first-order chi connectivity index (χ1) is 17.3. The predicted molar refractivity (Wildman–Crippen MR) is 133 cm³/mol. The smallest absolute Gasteiger partial charge is 0.407 e. The maximum absolute atomic E-state index is 13.3. The van der Waals surface area contributed by atoms with Gasteiger partial charge in [-0.1, -0.05) is 42.5 Å². The zero-order valence-electron chi connectivity index (χ0n) is 21.8. The van der Waals surface area contributed by atoms with Crippen molar-refractivity contribution < 1.29 is 38.1 Å². The van der Waals surface area contributed by atoms with Crippen LogP contribution in [0.4, 0.5) is 4.79 Å². The predicted octanol–water partition coefficient (Wildman–Crippen LogP) is 4.11. The Hall–Kier alpha value is -3.88. The standard InChI is InChI=1S/C28H33NO8/c1-26(2,3)37-25(33)29-16-15-22(30)28(23(31)35-27(4,5)36-24(28)32)17-19-11-13-21(14-12-19)34-18-20-9-7-6-8-10-20/h6-14H,15-18H2,1-5H3,(H,29,33). The molecule has 1 aliphatic heterocycles. The van der Waals surface area contributed by atoms with Crippen LogP contribution in [0.5, 0.6) is 5.75 Å². The van der Waals surface area contributed by atoms with Crippen molar-refractivity contribution in [3.8, 4) is 5.75 Å². The second-order valence-corrected chi connectivity index (χ2v) is 10.3. The largest absolute Gasteiger partial charge is 0.489 e. The van der Waals surface area contributed by atoms with Gasteiger partial charge in [0.2, 0.25) is 5.41 Å². The van der Waals surface area contributed by atoms with Gasteiger partial charge in [0.25, 0.3) is 5.79 Å². The van der Waals surface area contributed by atoms with Gasteiger partial charge in [0.15, 0.2) is 5.78 Å². The fourth-order valence-electron chi connectivity index (χ4n) is 3.75. The van der Waals surface area contributed by atoms with Crippen molar-refractivity contribution in [1.29, 1.82) is 0 Å². The third-order valence-corrected chi connectivity index (χ3v) is 5.51. The average Bonchev–Trinajstić information content (AvgIpc) is 2.79. The minimum atomic E-state index is -2.20. The van der Waals surface area contributed by atoms with Crippen molar-refractivity contribution in [3.63, 3.8) is 0 Å². The van der Waals surface area contributed by atoms with Crippen LogP contribution in [0.25, 0.3) is 0 Å². The summed E-state index contributed by atoms with van der Waals surface area (Å²) in [6.07, 6.45) is -1.27. The van der Waals surface area contributed by atoms with Crippen molar-refractivity contribution in [3.05, 3.63) is 65.7 Å². The topological polar surface area (TPSA) is 117 Å². The van der Waals surface area contributed by atoms with Crippen molar-refractivity contribution in [2.24, 2.45) is 5.41 Å². The van der Waals surface area contributed by atoms with Gasteiger partial charge >= 0.3 is 18.0 Å². The molecular weight excluding hydrogens is 478 g/mol. The van der Waals surface area contributed by atoms with Crippen LogP contribution in [-0.4, -0.2) is 41.7 Å². The Bertz CT molecular complexity index is 1110. The second-order valence-electron chi connectivity index (χ2n) is 10.3. The molecule has 0 bridgehead atoms. The van der Waals surface area contributed by atoms with E-state index in [4.69, 9.17) is 18.9 Å². The molecule has 0 aliphatic carbocycles. The number of ether oxygens (including phenoxy) is 4. The van der Waals surface area contributed by atoms with Crippen molar-refractivity contribution in [2.45, 2.75) is 65.5 Å². The number of cyclic esters (lactones) is 2. The molecule has 0 aromatic heterocycles. The van der Waals surface area contributed by atoms with E-state index < -0.39 is 40.6 Å². The van der Waals surface area contributed by atoms with Gasteiger partial charge in [-0.3, -0.25) is 14.4 Å². The third kappa shape index (κ3) is 7.31. The molecule has 3 rings (SSSR count). The zero-order valence-corrected chi connectivity index (χ0v) is 21.8. The lowest BCUT2D eigenvalue weighted by Crippen LogP contribution is -2.59. The first-order valence-electron chi connectivity index (χ1n) is 12.0. The van der Waals surface area contributed by atoms with Gasteiger partial charge in [-0.25, -0.2) is 4.79 Å². The molecule has 198 valence electrons. The van der Waals surface area contributed by atoms with Gasteiger partial charge in [0.05, 0.1) is 0 Å². The summed E-state index contributed by atoms with van der Waals surface area (Å²) < 4.78 is 21.6. The number of amides is 1. The molecule has 1 heterocycles. The van der Waals surface area contributed by atoms with E-state index in [1.165, 1.54) is 13.8 Å². The molecule has 0 saturated carbocycles. The summed E-state index contributed by atoms with van der Waals surface area (Å²) in [5, 5.41) is 2.47. The molecular formula is C28H33NO8. The summed E-state index contributed by atoms with van der Waals surface area (Å²) in [6.45, 7) is 8.20. The number of esters is 2. The van der Waals surface area contributed by atoms with E-state index in [0.29, 0.717) is 17.9 Å². The Morgan fingerprint density at radius 2 is 1.49 bits per heavy atom. The Kier molecular flexibility index (Phi) is 8.25. The van der Waals surface area contributed by atoms with Crippen LogP contribution < -0.4 is 10.1 Å². The summed E-state index contributed by atoms with van der Waals surface area (Å²) in [4.78, 5) is 51.5. The van der Waals surface area contributed by atoms with E-state index >= 15 is 0 Å². The van der Waals surface area contributed by atoms with Crippen LogP contribution in [0.1, 0.15) is 52.2 Å². The normalized spacial score (nSPS) is 16.2. The van der Waals surface area contributed by atoms with Gasteiger partial charge in [-0.2, -0.15) is 0 Å². The Balaban J connectivity index is 1.74. The van der Waals surface area contributed by atoms with Crippen molar-refractivity contribution >= 4 is 23.8 Å². The van der Waals surface area contributed by atoms with Crippen molar-refractivity contribution in [2.75, 3.05) is 6.54 Å². The Labute approximate surface area is 216 Å². The first-order valence-corrected chi connectivity index (χ1v) is 12.0.